The summed E-state index contributed by atoms with van der Waals surface area (Å²) in [6.07, 6.45) is 0.136. The van der Waals surface area contributed by atoms with Gasteiger partial charge in [0.2, 0.25) is 15.9 Å². The van der Waals surface area contributed by atoms with E-state index >= 15 is 0 Å². The third kappa shape index (κ3) is 4.54. The van der Waals surface area contributed by atoms with Crippen LogP contribution in [0, 0.1) is 5.41 Å². The topological polar surface area (TPSA) is 127 Å². The zero-order chi connectivity index (χ0) is 16.3. The van der Waals surface area contributed by atoms with Crippen molar-refractivity contribution < 1.29 is 23.1 Å². The minimum Gasteiger partial charge on any atom is -0.481 e. The van der Waals surface area contributed by atoms with Gasteiger partial charge in [0.15, 0.2) is 0 Å². The lowest BCUT2D eigenvalue weighted by Crippen LogP contribution is -2.32. The van der Waals surface area contributed by atoms with Crippen molar-refractivity contribution in [3.05, 3.63) is 29.8 Å². The highest BCUT2D eigenvalue weighted by atomic mass is 32.2. The molecule has 0 saturated heterocycles. The lowest BCUT2D eigenvalue weighted by Gasteiger charge is -2.18. The molecule has 1 aromatic rings. The van der Waals surface area contributed by atoms with Crippen LogP contribution in [-0.4, -0.2) is 31.9 Å². The number of sulfonamides is 1. The summed E-state index contributed by atoms with van der Waals surface area (Å²) < 4.78 is 26.4. The maximum absolute atomic E-state index is 12.1. The summed E-state index contributed by atoms with van der Waals surface area (Å²) in [5.41, 5.74) is 4.15. The van der Waals surface area contributed by atoms with Crippen LogP contribution in [-0.2, 0) is 14.8 Å². The molecular weight excluding hydrogens is 296 g/mol. The van der Waals surface area contributed by atoms with Crippen LogP contribution in [0.5, 0.6) is 0 Å². The zero-order valence-corrected chi connectivity index (χ0v) is 12.6. The van der Waals surface area contributed by atoms with Crippen molar-refractivity contribution in [2.24, 2.45) is 11.1 Å². The molecule has 0 aliphatic carbocycles. The van der Waals surface area contributed by atoms with Gasteiger partial charge >= 0.3 is 5.97 Å². The second kappa shape index (κ2) is 6.23. The minimum atomic E-state index is -3.82. The Morgan fingerprint density at radius 1 is 1.33 bits per heavy atom. The fourth-order valence-electron chi connectivity index (χ4n) is 1.50. The molecule has 0 aromatic heterocycles. The molecule has 1 amide bonds. The Morgan fingerprint density at radius 3 is 2.48 bits per heavy atom. The highest BCUT2D eigenvalue weighted by Gasteiger charge is 2.27. The first-order valence-electron chi connectivity index (χ1n) is 6.19. The number of hydrogen-bond acceptors (Lipinski definition) is 4. The Labute approximate surface area is 123 Å². The van der Waals surface area contributed by atoms with Crippen molar-refractivity contribution in [1.82, 2.24) is 4.72 Å². The fraction of sp³-hybridized carbons (Fsp3) is 0.385. The van der Waals surface area contributed by atoms with Gasteiger partial charge < -0.3 is 10.8 Å². The van der Waals surface area contributed by atoms with Crippen molar-refractivity contribution in [2.75, 3.05) is 6.54 Å². The minimum absolute atomic E-state index is 0.0254. The molecule has 1 aromatic carbocycles. The molecule has 0 fully saturated rings. The summed E-state index contributed by atoms with van der Waals surface area (Å²) in [6, 6.07) is 5.33. The molecule has 0 spiro atoms. The first-order valence-corrected chi connectivity index (χ1v) is 7.67. The van der Waals surface area contributed by atoms with Crippen molar-refractivity contribution in [3.63, 3.8) is 0 Å². The van der Waals surface area contributed by atoms with E-state index in [1.165, 1.54) is 38.1 Å². The van der Waals surface area contributed by atoms with Gasteiger partial charge in [-0.3, -0.25) is 9.59 Å². The van der Waals surface area contributed by atoms with Crippen molar-refractivity contribution in [1.29, 1.82) is 0 Å². The molecule has 0 aliphatic rings. The van der Waals surface area contributed by atoms with E-state index in [-0.39, 0.29) is 23.4 Å². The number of carboxylic acids is 1. The normalized spacial score (nSPS) is 12.1. The second-order valence-corrected chi connectivity index (χ2v) is 7.00. The molecule has 4 N–H and O–H groups in total. The largest absolute Gasteiger partial charge is 0.481 e. The van der Waals surface area contributed by atoms with Crippen molar-refractivity contribution in [2.45, 2.75) is 25.2 Å². The smallest absolute Gasteiger partial charge is 0.309 e. The third-order valence-corrected chi connectivity index (χ3v) is 4.51. The highest BCUT2D eigenvalue weighted by Crippen LogP contribution is 2.20. The molecule has 0 atom stereocenters. The van der Waals surface area contributed by atoms with Gasteiger partial charge in [-0.05, 0) is 38.5 Å². The van der Waals surface area contributed by atoms with Crippen LogP contribution in [0.2, 0.25) is 0 Å². The number of nitrogens with one attached hydrogen (secondary N) is 1. The Kier molecular flexibility index (Phi) is 5.08. The summed E-state index contributed by atoms with van der Waals surface area (Å²) in [4.78, 5) is 21.9. The molecule has 0 saturated carbocycles. The molecule has 0 unspecified atom stereocenters. The van der Waals surface area contributed by atoms with Crippen LogP contribution in [0.1, 0.15) is 30.6 Å². The molecule has 0 aliphatic heterocycles. The number of benzene rings is 1. The fourth-order valence-corrected chi connectivity index (χ4v) is 2.58. The van der Waals surface area contributed by atoms with Crippen LogP contribution < -0.4 is 10.5 Å². The van der Waals surface area contributed by atoms with Gasteiger partial charge in [0.25, 0.3) is 0 Å². The van der Waals surface area contributed by atoms with Gasteiger partial charge in [0, 0.05) is 12.1 Å². The molecule has 21 heavy (non-hydrogen) atoms. The molecule has 0 heterocycles. The lowest BCUT2D eigenvalue weighted by atomic mass is 9.90. The monoisotopic (exact) mass is 314 g/mol. The van der Waals surface area contributed by atoms with Crippen molar-refractivity contribution >= 4 is 21.9 Å². The SMILES string of the molecule is CC(C)(CCNS(=O)(=O)c1cccc(C(N)=O)c1)C(=O)O. The summed E-state index contributed by atoms with van der Waals surface area (Å²) in [5.74, 6) is -1.73. The maximum atomic E-state index is 12.1. The van der Waals surface area contributed by atoms with E-state index in [2.05, 4.69) is 4.72 Å². The molecule has 0 radical (unpaired) electrons. The van der Waals surface area contributed by atoms with Crippen molar-refractivity contribution in [3.8, 4) is 0 Å². The Bertz CT molecular complexity index is 652. The Morgan fingerprint density at radius 2 is 1.95 bits per heavy atom. The quantitative estimate of drug-likeness (QED) is 0.678. The summed E-state index contributed by atoms with van der Waals surface area (Å²) in [6.45, 7) is 3.00. The van der Waals surface area contributed by atoms with Gasteiger partial charge in [-0.15, -0.1) is 0 Å². The number of aliphatic carboxylic acids is 1. The van der Waals surface area contributed by atoms with Crippen LogP contribution >= 0.6 is 0 Å². The van der Waals surface area contributed by atoms with E-state index in [9.17, 15) is 18.0 Å². The maximum Gasteiger partial charge on any atom is 0.309 e. The van der Waals surface area contributed by atoms with Crippen LogP contribution in [0.15, 0.2) is 29.2 Å². The van der Waals surface area contributed by atoms with Crippen LogP contribution in [0.25, 0.3) is 0 Å². The standard InChI is InChI=1S/C13H18N2O5S/c1-13(2,12(17)18)6-7-15-21(19,20)10-5-3-4-9(8-10)11(14)16/h3-5,8,15H,6-7H2,1-2H3,(H2,14,16)(H,17,18). The Balaban J connectivity index is 2.81. The average Bonchev–Trinajstić information content (AvgIpc) is 2.38. The van der Waals surface area contributed by atoms with E-state index in [4.69, 9.17) is 10.8 Å². The van der Waals surface area contributed by atoms with E-state index in [0.717, 1.165) is 0 Å². The second-order valence-electron chi connectivity index (χ2n) is 5.23. The molecule has 8 heteroatoms. The number of amides is 1. The van der Waals surface area contributed by atoms with Gasteiger partial charge in [-0.25, -0.2) is 13.1 Å². The first kappa shape index (κ1) is 17.1. The van der Waals surface area contributed by atoms with Gasteiger partial charge in [-0.1, -0.05) is 6.07 Å². The predicted molar refractivity (Wildman–Crippen MR) is 76.2 cm³/mol. The molecule has 1 rings (SSSR count). The number of carbonyl (C=O) groups excluding carboxylic acids is 1. The van der Waals surface area contributed by atoms with Gasteiger partial charge in [0.1, 0.15) is 0 Å². The Hall–Kier alpha value is -1.93. The lowest BCUT2D eigenvalue weighted by molar-refractivity contribution is -0.147. The average molecular weight is 314 g/mol. The number of hydrogen-bond donors (Lipinski definition) is 3. The van der Waals surface area contributed by atoms with Gasteiger partial charge in [-0.2, -0.15) is 0 Å². The molecule has 0 bridgehead atoms. The predicted octanol–water partition coefficient (Wildman–Crippen LogP) is 0.565. The van der Waals surface area contributed by atoms with Crippen LogP contribution in [0.4, 0.5) is 0 Å². The summed E-state index contributed by atoms with van der Waals surface area (Å²) in [7, 11) is -3.82. The van der Waals surface area contributed by atoms with E-state index < -0.39 is 27.3 Å². The molecule has 116 valence electrons. The summed E-state index contributed by atoms with van der Waals surface area (Å²) >= 11 is 0. The molecular formula is C13H18N2O5S. The molecule has 7 nitrogen and oxygen atoms in total. The number of nitrogens with two attached hydrogens (primary N) is 1. The number of rotatable bonds is 7. The van der Waals surface area contributed by atoms with E-state index in [1.54, 1.807) is 0 Å². The summed E-state index contributed by atoms with van der Waals surface area (Å²) in [5, 5.41) is 8.96. The zero-order valence-electron chi connectivity index (χ0n) is 11.8. The third-order valence-electron chi connectivity index (χ3n) is 3.05. The van der Waals surface area contributed by atoms with E-state index in [0.29, 0.717) is 0 Å². The first-order chi connectivity index (χ1) is 9.56. The van der Waals surface area contributed by atoms with Gasteiger partial charge in [0.05, 0.1) is 10.3 Å². The van der Waals surface area contributed by atoms with E-state index in [1.807, 2.05) is 0 Å². The highest BCUT2D eigenvalue weighted by molar-refractivity contribution is 7.89. The van der Waals surface area contributed by atoms with Crippen LogP contribution in [0.3, 0.4) is 0 Å². The number of primary amides is 1. The number of carbonyl (C=O) groups is 2. The number of carboxylic acid groups (broad SMARTS) is 1.